The van der Waals surface area contributed by atoms with Crippen LogP contribution in [0, 0.1) is 17.6 Å². The fourth-order valence-corrected chi connectivity index (χ4v) is 3.28. The lowest BCUT2D eigenvalue weighted by Crippen LogP contribution is -2.45. The number of rotatable bonds is 6. The van der Waals surface area contributed by atoms with E-state index >= 15 is 0 Å². The first kappa shape index (κ1) is 17.8. The highest BCUT2D eigenvalue weighted by molar-refractivity contribution is 5.72. The molecule has 23 heavy (non-hydrogen) atoms. The Labute approximate surface area is 135 Å². The van der Waals surface area contributed by atoms with Crippen molar-refractivity contribution in [2.75, 3.05) is 19.6 Å². The molecule has 1 aliphatic heterocycles. The third-order valence-corrected chi connectivity index (χ3v) is 4.50. The van der Waals surface area contributed by atoms with E-state index in [1.165, 1.54) is 19.1 Å². The maximum absolute atomic E-state index is 14.3. The summed E-state index contributed by atoms with van der Waals surface area (Å²) in [5, 5.41) is 17.1. The minimum absolute atomic E-state index is 0.00836. The molecule has 1 fully saturated rings. The molecule has 0 unspecified atom stereocenters. The first-order valence-corrected chi connectivity index (χ1v) is 8.07. The monoisotopic (exact) mass is 326 g/mol. The zero-order valence-corrected chi connectivity index (χ0v) is 13.4. The number of hydrogen-bond acceptors (Lipinski definition) is 3. The van der Waals surface area contributed by atoms with Crippen molar-refractivity contribution in [1.82, 2.24) is 10.6 Å². The highest BCUT2D eigenvalue weighted by atomic mass is 19.2. The molecule has 4 nitrogen and oxygen atoms in total. The van der Waals surface area contributed by atoms with Crippen LogP contribution in [0.1, 0.15) is 38.2 Å². The standard InChI is InChI=1S/C17H24F2N2O2/c1-12(22)21-10-4-8-17(23,13-5-3-9-20-11-13)14-6-2-7-15(18)16(14)19/h2,6-7,13,20,23H,3-5,8-11H2,1H3,(H,21,22)/t13-,17+/m1/s1. The van der Waals surface area contributed by atoms with Crippen molar-refractivity contribution in [2.45, 2.75) is 38.2 Å². The summed E-state index contributed by atoms with van der Waals surface area (Å²) in [4.78, 5) is 10.9. The third-order valence-electron chi connectivity index (χ3n) is 4.50. The second-order valence-electron chi connectivity index (χ2n) is 6.16. The van der Waals surface area contributed by atoms with Crippen LogP contribution in [0.15, 0.2) is 18.2 Å². The Hall–Kier alpha value is -1.53. The quantitative estimate of drug-likeness (QED) is 0.701. The van der Waals surface area contributed by atoms with Crippen LogP contribution in [0.5, 0.6) is 0 Å². The lowest BCUT2D eigenvalue weighted by Gasteiger charge is -2.39. The largest absolute Gasteiger partial charge is 0.385 e. The Balaban J connectivity index is 2.22. The lowest BCUT2D eigenvalue weighted by molar-refractivity contribution is -0.119. The van der Waals surface area contributed by atoms with E-state index in [1.807, 2.05) is 0 Å². The molecule has 2 atom stereocenters. The van der Waals surface area contributed by atoms with Crippen LogP contribution in [0.25, 0.3) is 0 Å². The van der Waals surface area contributed by atoms with Crippen molar-refractivity contribution in [1.29, 1.82) is 0 Å². The Bertz CT molecular complexity index is 547. The van der Waals surface area contributed by atoms with Gasteiger partial charge in [-0.15, -0.1) is 0 Å². The van der Waals surface area contributed by atoms with Crippen molar-refractivity contribution >= 4 is 5.91 Å². The van der Waals surface area contributed by atoms with E-state index in [1.54, 1.807) is 0 Å². The molecule has 1 amide bonds. The molecule has 3 N–H and O–H groups in total. The van der Waals surface area contributed by atoms with Crippen molar-refractivity contribution in [2.24, 2.45) is 5.92 Å². The molecule has 6 heteroatoms. The summed E-state index contributed by atoms with van der Waals surface area (Å²) in [7, 11) is 0. The SMILES string of the molecule is CC(=O)NCCC[C@@](O)(c1cccc(F)c1F)[C@@H]1CCCNC1. The summed E-state index contributed by atoms with van der Waals surface area (Å²) in [6.45, 7) is 3.24. The van der Waals surface area contributed by atoms with Crippen LogP contribution in [0.2, 0.25) is 0 Å². The minimum atomic E-state index is -1.45. The number of halogens is 2. The molecule has 0 aromatic heterocycles. The van der Waals surface area contributed by atoms with Crippen molar-refractivity contribution in [3.63, 3.8) is 0 Å². The highest BCUT2D eigenvalue weighted by Crippen LogP contribution is 2.39. The van der Waals surface area contributed by atoms with E-state index in [9.17, 15) is 18.7 Å². The number of nitrogens with one attached hydrogen (secondary N) is 2. The van der Waals surface area contributed by atoms with Gasteiger partial charge in [0, 0.05) is 31.5 Å². The number of amides is 1. The van der Waals surface area contributed by atoms with Crippen molar-refractivity contribution < 1.29 is 18.7 Å². The summed E-state index contributed by atoms with van der Waals surface area (Å²) in [5.41, 5.74) is -1.44. The molecular weight excluding hydrogens is 302 g/mol. The van der Waals surface area contributed by atoms with Gasteiger partial charge in [-0.05, 0) is 38.3 Å². The molecule has 0 radical (unpaired) electrons. The van der Waals surface area contributed by atoms with Crippen LogP contribution >= 0.6 is 0 Å². The maximum atomic E-state index is 14.3. The zero-order valence-electron chi connectivity index (χ0n) is 13.4. The van der Waals surface area contributed by atoms with E-state index in [2.05, 4.69) is 10.6 Å². The molecule has 1 aromatic rings. The number of piperidine rings is 1. The molecule has 0 saturated carbocycles. The van der Waals surface area contributed by atoms with Gasteiger partial charge in [-0.2, -0.15) is 0 Å². The lowest BCUT2D eigenvalue weighted by atomic mass is 9.74. The second-order valence-corrected chi connectivity index (χ2v) is 6.16. The Morgan fingerprint density at radius 3 is 2.91 bits per heavy atom. The Morgan fingerprint density at radius 2 is 2.26 bits per heavy atom. The van der Waals surface area contributed by atoms with E-state index in [0.29, 0.717) is 19.5 Å². The van der Waals surface area contributed by atoms with Crippen LogP contribution in [-0.2, 0) is 10.4 Å². The van der Waals surface area contributed by atoms with Gasteiger partial charge < -0.3 is 15.7 Å². The van der Waals surface area contributed by atoms with Crippen LogP contribution < -0.4 is 10.6 Å². The molecule has 1 saturated heterocycles. The average molecular weight is 326 g/mol. The topological polar surface area (TPSA) is 61.4 Å². The Morgan fingerprint density at radius 1 is 1.48 bits per heavy atom. The fraction of sp³-hybridized carbons (Fsp3) is 0.588. The average Bonchev–Trinajstić information content (AvgIpc) is 2.54. The number of aliphatic hydroxyl groups is 1. The predicted molar refractivity (Wildman–Crippen MR) is 83.8 cm³/mol. The number of carbonyl (C=O) groups excluding carboxylic acids is 1. The van der Waals surface area contributed by atoms with Crippen molar-refractivity contribution in [3.05, 3.63) is 35.4 Å². The minimum Gasteiger partial charge on any atom is -0.385 e. The smallest absolute Gasteiger partial charge is 0.216 e. The molecule has 1 heterocycles. The van der Waals surface area contributed by atoms with E-state index in [4.69, 9.17) is 0 Å². The summed E-state index contributed by atoms with van der Waals surface area (Å²) >= 11 is 0. The summed E-state index contributed by atoms with van der Waals surface area (Å²) < 4.78 is 27.9. The van der Waals surface area contributed by atoms with Crippen molar-refractivity contribution in [3.8, 4) is 0 Å². The molecule has 1 aliphatic rings. The Kier molecular flexibility index (Phi) is 6.07. The molecular formula is C17H24F2N2O2. The van der Waals surface area contributed by atoms with Gasteiger partial charge in [0.2, 0.25) is 5.91 Å². The number of hydrogen-bond donors (Lipinski definition) is 3. The number of carbonyl (C=O) groups is 1. The predicted octanol–water partition coefficient (Wildman–Crippen LogP) is 2.07. The molecule has 1 aromatic carbocycles. The second kappa shape index (κ2) is 7.84. The normalized spacial score (nSPS) is 20.8. The van der Waals surface area contributed by atoms with Gasteiger partial charge in [-0.1, -0.05) is 12.1 Å². The van der Waals surface area contributed by atoms with E-state index in [0.717, 1.165) is 25.5 Å². The highest BCUT2D eigenvalue weighted by Gasteiger charge is 2.40. The summed E-state index contributed by atoms with van der Waals surface area (Å²) in [6.07, 6.45) is 2.39. The van der Waals surface area contributed by atoms with Gasteiger partial charge in [0.25, 0.3) is 0 Å². The van der Waals surface area contributed by atoms with E-state index in [-0.39, 0.29) is 23.8 Å². The van der Waals surface area contributed by atoms with Crippen LogP contribution in [0.3, 0.4) is 0 Å². The van der Waals surface area contributed by atoms with Gasteiger partial charge in [0.15, 0.2) is 11.6 Å². The van der Waals surface area contributed by atoms with Crippen LogP contribution in [0.4, 0.5) is 8.78 Å². The molecule has 128 valence electrons. The summed E-state index contributed by atoms with van der Waals surface area (Å²) in [6, 6.07) is 3.92. The molecule has 0 bridgehead atoms. The third kappa shape index (κ3) is 4.26. The molecule has 0 spiro atoms. The van der Waals surface area contributed by atoms with Gasteiger partial charge >= 0.3 is 0 Å². The van der Waals surface area contributed by atoms with Gasteiger partial charge in [-0.25, -0.2) is 8.78 Å². The summed E-state index contributed by atoms with van der Waals surface area (Å²) in [5.74, 6) is -2.28. The van der Waals surface area contributed by atoms with E-state index < -0.39 is 17.2 Å². The van der Waals surface area contributed by atoms with Gasteiger partial charge in [0.05, 0.1) is 5.60 Å². The maximum Gasteiger partial charge on any atom is 0.216 e. The van der Waals surface area contributed by atoms with Crippen LogP contribution in [-0.4, -0.2) is 30.6 Å². The molecule has 2 rings (SSSR count). The first-order valence-electron chi connectivity index (χ1n) is 8.07. The number of benzene rings is 1. The van der Waals surface area contributed by atoms with Gasteiger partial charge in [0.1, 0.15) is 0 Å². The fourth-order valence-electron chi connectivity index (χ4n) is 3.28. The first-order chi connectivity index (χ1) is 10.9. The van der Waals surface area contributed by atoms with Gasteiger partial charge in [-0.3, -0.25) is 4.79 Å². The molecule has 0 aliphatic carbocycles. The zero-order chi connectivity index (χ0) is 16.9.